The largest absolute Gasteiger partial charge is 0.301 e. The van der Waals surface area contributed by atoms with Crippen LogP contribution in [0.1, 0.15) is 67.2 Å². The molecule has 0 amide bonds. The van der Waals surface area contributed by atoms with Crippen LogP contribution in [0.4, 0.5) is 0 Å². The predicted molar refractivity (Wildman–Crippen MR) is 101 cm³/mol. The van der Waals surface area contributed by atoms with Crippen molar-refractivity contribution < 1.29 is 0 Å². The molecule has 2 aliphatic heterocycles. The molecule has 0 aromatic heterocycles. The second-order valence-electron chi connectivity index (χ2n) is 9.74. The molecule has 0 bridgehead atoms. The third-order valence-corrected chi connectivity index (χ3v) is 5.97. The smallest absolute Gasteiger partial charge is 0.0126 e. The van der Waals surface area contributed by atoms with Crippen LogP contribution in [0.3, 0.4) is 0 Å². The van der Waals surface area contributed by atoms with Gasteiger partial charge in [0.05, 0.1) is 0 Å². The van der Waals surface area contributed by atoms with E-state index in [-0.39, 0.29) is 0 Å². The molecule has 2 fully saturated rings. The number of hydrogen-bond donors (Lipinski definition) is 0. The molecule has 0 radical (unpaired) electrons. The van der Waals surface area contributed by atoms with E-state index in [1.165, 1.54) is 71.5 Å². The number of piperazine rings is 1. The predicted octanol–water partition coefficient (Wildman–Crippen LogP) is 3.69. The molecule has 3 nitrogen and oxygen atoms in total. The zero-order chi connectivity index (χ0) is 17.1. The minimum Gasteiger partial charge on any atom is -0.301 e. The number of piperidine rings is 1. The molecule has 2 aliphatic rings. The highest BCUT2D eigenvalue weighted by Crippen LogP contribution is 2.26. The minimum atomic E-state index is 0.340. The average molecular weight is 324 g/mol. The maximum Gasteiger partial charge on any atom is 0.0126 e. The molecule has 2 rings (SSSR count). The first kappa shape index (κ1) is 19.2. The lowest BCUT2D eigenvalue weighted by Crippen LogP contribution is -2.53. The molecule has 0 saturated carbocycles. The van der Waals surface area contributed by atoms with Gasteiger partial charge in [-0.1, -0.05) is 0 Å². The maximum atomic E-state index is 2.69. The van der Waals surface area contributed by atoms with E-state index in [4.69, 9.17) is 0 Å². The summed E-state index contributed by atoms with van der Waals surface area (Å²) in [6.07, 6.45) is 5.66. The van der Waals surface area contributed by atoms with E-state index < -0.39 is 0 Å². The van der Waals surface area contributed by atoms with Gasteiger partial charge >= 0.3 is 0 Å². The molecular weight excluding hydrogens is 282 g/mol. The lowest BCUT2D eigenvalue weighted by molar-refractivity contribution is 0.0586. The van der Waals surface area contributed by atoms with Gasteiger partial charge < -0.3 is 4.90 Å². The molecule has 3 heteroatoms. The number of hydrogen-bond acceptors (Lipinski definition) is 3. The summed E-state index contributed by atoms with van der Waals surface area (Å²) in [4.78, 5) is 7.98. The standard InChI is InChI=1S/C20H41N3/c1-19(2,3)22-12-9-18(10-13-22)8-7-11-21-14-16-23(17-15-21)20(4,5)6/h18H,7-17H2,1-6H3. The van der Waals surface area contributed by atoms with E-state index in [1.807, 2.05) is 0 Å². The summed E-state index contributed by atoms with van der Waals surface area (Å²) < 4.78 is 0. The van der Waals surface area contributed by atoms with Gasteiger partial charge in [0.2, 0.25) is 0 Å². The zero-order valence-electron chi connectivity index (χ0n) is 16.7. The molecule has 0 N–H and O–H groups in total. The summed E-state index contributed by atoms with van der Waals surface area (Å²) in [5.41, 5.74) is 0.699. The first-order valence-corrected chi connectivity index (χ1v) is 9.89. The van der Waals surface area contributed by atoms with Crippen molar-refractivity contribution in [3.05, 3.63) is 0 Å². The Balaban J connectivity index is 1.59. The molecule has 0 spiro atoms. The van der Waals surface area contributed by atoms with Gasteiger partial charge in [-0.05, 0) is 92.8 Å². The van der Waals surface area contributed by atoms with E-state index in [2.05, 4.69) is 56.2 Å². The fourth-order valence-corrected chi connectivity index (χ4v) is 4.14. The first-order valence-electron chi connectivity index (χ1n) is 9.89. The lowest BCUT2D eigenvalue weighted by atomic mass is 9.89. The van der Waals surface area contributed by atoms with Crippen LogP contribution in [-0.4, -0.2) is 71.6 Å². The van der Waals surface area contributed by atoms with Crippen molar-refractivity contribution in [2.75, 3.05) is 45.8 Å². The van der Waals surface area contributed by atoms with Crippen molar-refractivity contribution in [2.24, 2.45) is 5.92 Å². The summed E-state index contributed by atoms with van der Waals surface area (Å²) in [5, 5.41) is 0. The Labute approximate surface area is 145 Å². The number of likely N-dealkylation sites (tertiary alicyclic amines) is 1. The van der Waals surface area contributed by atoms with Gasteiger partial charge in [0.25, 0.3) is 0 Å². The Bertz CT molecular complexity index is 303. The summed E-state index contributed by atoms with van der Waals surface area (Å²) >= 11 is 0. The molecule has 23 heavy (non-hydrogen) atoms. The molecule has 0 aromatic carbocycles. The molecule has 0 aromatic rings. The SMILES string of the molecule is CC(C)(C)N1CCC(CCCN2CCN(C(C)(C)C)CC2)CC1. The van der Waals surface area contributed by atoms with Crippen molar-refractivity contribution in [2.45, 2.75) is 78.3 Å². The van der Waals surface area contributed by atoms with Gasteiger partial charge in [-0.15, -0.1) is 0 Å². The van der Waals surface area contributed by atoms with Crippen LogP contribution in [0.2, 0.25) is 0 Å². The van der Waals surface area contributed by atoms with E-state index in [9.17, 15) is 0 Å². The Hall–Kier alpha value is -0.120. The van der Waals surface area contributed by atoms with Crippen LogP contribution in [0, 0.1) is 5.92 Å². The van der Waals surface area contributed by atoms with Crippen molar-refractivity contribution >= 4 is 0 Å². The highest BCUT2D eigenvalue weighted by atomic mass is 15.3. The topological polar surface area (TPSA) is 9.72 Å². The van der Waals surface area contributed by atoms with Gasteiger partial charge in [-0.25, -0.2) is 0 Å². The number of rotatable bonds is 4. The third kappa shape index (κ3) is 6.03. The van der Waals surface area contributed by atoms with Crippen LogP contribution in [0.15, 0.2) is 0 Å². The van der Waals surface area contributed by atoms with E-state index in [0.717, 1.165) is 5.92 Å². The van der Waals surface area contributed by atoms with Gasteiger partial charge in [-0.3, -0.25) is 9.80 Å². The van der Waals surface area contributed by atoms with Crippen LogP contribution in [0.25, 0.3) is 0 Å². The van der Waals surface area contributed by atoms with Crippen LogP contribution >= 0.6 is 0 Å². The molecular formula is C20H41N3. The Morgan fingerprint density at radius 2 is 1.17 bits per heavy atom. The summed E-state index contributed by atoms with van der Waals surface area (Å²) in [7, 11) is 0. The third-order valence-electron chi connectivity index (χ3n) is 5.97. The average Bonchev–Trinajstić information content (AvgIpc) is 2.46. The highest BCUT2D eigenvalue weighted by molar-refractivity contribution is 4.83. The lowest BCUT2D eigenvalue weighted by Gasteiger charge is -2.42. The molecule has 2 heterocycles. The Kier molecular flexibility index (Phi) is 6.55. The normalized spacial score (nSPS) is 24.3. The molecule has 0 aliphatic carbocycles. The summed E-state index contributed by atoms with van der Waals surface area (Å²) in [6, 6.07) is 0. The quantitative estimate of drug-likeness (QED) is 0.781. The Morgan fingerprint density at radius 1 is 0.696 bits per heavy atom. The summed E-state index contributed by atoms with van der Waals surface area (Å²) in [5.74, 6) is 0.976. The van der Waals surface area contributed by atoms with Gasteiger partial charge in [-0.2, -0.15) is 0 Å². The van der Waals surface area contributed by atoms with Crippen LogP contribution < -0.4 is 0 Å². The Morgan fingerprint density at radius 3 is 1.65 bits per heavy atom. The van der Waals surface area contributed by atoms with Crippen molar-refractivity contribution in [1.29, 1.82) is 0 Å². The summed E-state index contributed by atoms with van der Waals surface area (Å²) in [6.45, 7) is 23.0. The second kappa shape index (κ2) is 7.84. The fourth-order valence-electron chi connectivity index (χ4n) is 4.14. The second-order valence-corrected chi connectivity index (χ2v) is 9.74. The maximum absolute atomic E-state index is 2.69. The molecule has 136 valence electrons. The van der Waals surface area contributed by atoms with Crippen LogP contribution in [-0.2, 0) is 0 Å². The van der Waals surface area contributed by atoms with E-state index in [0.29, 0.717) is 11.1 Å². The van der Waals surface area contributed by atoms with Gasteiger partial charge in [0.15, 0.2) is 0 Å². The van der Waals surface area contributed by atoms with Gasteiger partial charge in [0, 0.05) is 37.3 Å². The first-order chi connectivity index (χ1) is 10.7. The zero-order valence-corrected chi connectivity index (χ0v) is 16.7. The van der Waals surface area contributed by atoms with Crippen molar-refractivity contribution in [1.82, 2.24) is 14.7 Å². The van der Waals surface area contributed by atoms with E-state index >= 15 is 0 Å². The molecule has 0 unspecified atom stereocenters. The van der Waals surface area contributed by atoms with Crippen molar-refractivity contribution in [3.8, 4) is 0 Å². The molecule has 2 saturated heterocycles. The fraction of sp³-hybridized carbons (Fsp3) is 1.00. The number of nitrogens with zero attached hydrogens (tertiary/aromatic N) is 3. The molecule has 0 atom stereocenters. The minimum absolute atomic E-state index is 0.340. The van der Waals surface area contributed by atoms with Gasteiger partial charge in [0.1, 0.15) is 0 Å². The monoisotopic (exact) mass is 323 g/mol. The highest BCUT2D eigenvalue weighted by Gasteiger charge is 2.28. The van der Waals surface area contributed by atoms with E-state index in [1.54, 1.807) is 0 Å². The van der Waals surface area contributed by atoms with Crippen LogP contribution in [0.5, 0.6) is 0 Å². The van der Waals surface area contributed by atoms with Crippen molar-refractivity contribution in [3.63, 3.8) is 0 Å².